The van der Waals surface area contributed by atoms with E-state index in [1.807, 2.05) is 36.5 Å². The van der Waals surface area contributed by atoms with E-state index in [1.54, 1.807) is 0 Å². The molecule has 0 amide bonds. The Balaban J connectivity index is 3.55. The third-order valence-corrected chi connectivity index (χ3v) is 14.5. The van der Waals surface area contributed by atoms with Gasteiger partial charge in [-0.05, 0) is 0 Å². The van der Waals surface area contributed by atoms with Crippen LogP contribution in [-0.2, 0) is 0 Å². The van der Waals surface area contributed by atoms with Crippen molar-refractivity contribution >= 4 is 23.7 Å². The number of nitrogens with zero attached hydrogens (tertiary/aromatic N) is 3. The van der Waals surface area contributed by atoms with Gasteiger partial charge < -0.3 is 0 Å². The Labute approximate surface area is 151 Å². The summed E-state index contributed by atoms with van der Waals surface area (Å²) in [6.45, 7) is 25.6. The first-order valence-electron chi connectivity index (χ1n) is 8.00. The van der Waals surface area contributed by atoms with Crippen LogP contribution in [0.1, 0.15) is 0 Å². The second kappa shape index (κ2) is 11.1. The maximum Gasteiger partial charge on any atom is 0.0977 e. The molecule has 6 heteroatoms. The normalized spacial score (nSPS) is 23.7. The topological polar surface area (TPSA) is 18.8 Å². The van der Waals surface area contributed by atoms with E-state index < -0.39 is 23.7 Å². The zero-order chi connectivity index (χ0) is 18.0. The van der Waals surface area contributed by atoms with Crippen LogP contribution in [0.25, 0.3) is 0 Å². The van der Waals surface area contributed by atoms with E-state index in [4.69, 9.17) is 4.52 Å². The first-order valence-corrected chi connectivity index (χ1v) is 12.9. The molecule has 0 aromatic heterocycles. The molecule has 0 radical (unpaired) electrons. The quantitative estimate of drug-likeness (QED) is 0.285. The molecule has 1 aliphatic heterocycles. The van der Waals surface area contributed by atoms with Crippen molar-refractivity contribution in [3.63, 3.8) is 0 Å². The van der Waals surface area contributed by atoms with Crippen LogP contribution < -0.4 is 0 Å². The predicted molar refractivity (Wildman–Crippen MR) is 117 cm³/mol. The highest BCUT2D eigenvalue weighted by atomic mass is 31.3. The number of hydrogen-bond acceptors (Lipinski definition) is 3. The Bertz CT molecular complexity index is 528. The van der Waals surface area contributed by atoms with Gasteiger partial charge in [0.15, 0.2) is 0 Å². The van der Waals surface area contributed by atoms with Gasteiger partial charge in [-0.2, -0.15) is 0 Å². The Hall–Kier alpha value is -0.550. The monoisotopic (exact) mass is 381 g/mol. The van der Waals surface area contributed by atoms with Crippen LogP contribution in [0, 0.1) is 0 Å². The van der Waals surface area contributed by atoms with Gasteiger partial charge in [-0.25, -0.2) is 13.4 Å². The molecule has 0 saturated carbocycles. The van der Waals surface area contributed by atoms with Crippen LogP contribution >= 0.6 is 23.7 Å². The minimum Gasteiger partial charge on any atom is -0.247 e. The first kappa shape index (κ1) is 21.5. The van der Waals surface area contributed by atoms with E-state index in [-0.39, 0.29) is 0 Å². The minimum atomic E-state index is -1.71. The molecule has 0 spiro atoms. The lowest BCUT2D eigenvalue weighted by molar-refractivity contribution is 0.677. The van der Waals surface area contributed by atoms with Gasteiger partial charge in [0.25, 0.3) is 0 Å². The highest BCUT2D eigenvalue weighted by molar-refractivity contribution is 7.85. The lowest BCUT2D eigenvalue weighted by Gasteiger charge is -2.51. The maximum atomic E-state index is 5.42. The highest BCUT2D eigenvalue weighted by Crippen LogP contribution is 2.77. The second-order valence-corrected chi connectivity index (χ2v) is 13.3. The number of hydrogen-bond donors (Lipinski definition) is 0. The minimum absolute atomic E-state index is 0.525. The van der Waals surface area contributed by atoms with E-state index in [1.165, 1.54) is 0 Å². The summed E-state index contributed by atoms with van der Waals surface area (Å²) in [5.74, 6) is 0. The predicted octanol–water partition coefficient (Wildman–Crippen LogP) is 6.46. The summed E-state index contributed by atoms with van der Waals surface area (Å²) in [4.78, 5) is 0. The molecule has 1 heterocycles. The van der Waals surface area contributed by atoms with Crippen molar-refractivity contribution in [1.82, 2.24) is 8.88 Å². The van der Waals surface area contributed by atoms with Crippen molar-refractivity contribution in [2.24, 2.45) is 4.52 Å². The molecule has 24 heavy (non-hydrogen) atoms. The van der Waals surface area contributed by atoms with E-state index in [0.717, 1.165) is 37.7 Å². The standard InChI is InChI=1S/C18H30N3P3/c1-7-13-20-22(15-9-3)19-24(17-11-5,18-12-6)21(14-8-2)23(20)16-10-4/h7-12H,1-6,13-18H2. The van der Waals surface area contributed by atoms with Crippen molar-refractivity contribution in [2.75, 3.05) is 37.7 Å². The zero-order valence-electron chi connectivity index (χ0n) is 14.6. The first-order chi connectivity index (χ1) is 11.6. The molecule has 0 aromatic carbocycles. The van der Waals surface area contributed by atoms with Gasteiger partial charge in [-0.3, -0.25) is 0 Å². The molecular formula is C18H30N3P3. The molecule has 3 nitrogen and oxygen atoms in total. The van der Waals surface area contributed by atoms with Crippen LogP contribution in [0.4, 0.5) is 0 Å². The molecule has 0 aliphatic carbocycles. The third-order valence-electron chi connectivity index (χ3n) is 3.51. The van der Waals surface area contributed by atoms with E-state index in [2.05, 4.69) is 48.4 Å². The fourth-order valence-electron chi connectivity index (χ4n) is 2.68. The Morgan fingerprint density at radius 1 is 0.750 bits per heavy atom. The highest BCUT2D eigenvalue weighted by Gasteiger charge is 2.41. The lowest BCUT2D eigenvalue weighted by Crippen LogP contribution is -2.30. The molecule has 2 atom stereocenters. The van der Waals surface area contributed by atoms with Gasteiger partial charge in [0.2, 0.25) is 0 Å². The summed E-state index contributed by atoms with van der Waals surface area (Å²) in [6.07, 6.45) is 15.7. The van der Waals surface area contributed by atoms with Crippen molar-refractivity contribution in [2.45, 2.75) is 0 Å². The fourth-order valence-corrected chi connectivity index (χ4v) is 14.8. The van der Waals surface area contributed by atoms with Crippen molar-refractivity contribution in [3.05, 3.63) is 75.9 Å². The summed E-state index contributed by atoms with van der Waals surface area (Å²) in [7, 11) is -2.85. The SMILES string of the molecule is C=CCN1P(CC=C)N=P(CC=C)(CC=C)N(CC=C)P1CC=C. The van der Waals surface area contributed by atoms with Gasteiger partial charge in [0.05, 0.1) is 23.7 Å². The molecule has 1 aliphatic rings. The molecule has 0 saturated heterocycles. The van der Waals surface area contributed by atoms with Crippen molar-refractivity contribution < 1.29 is 0 Å². The Morgan fingerprint density at radius 3 is 1.79 bits per heavy atom. The second-order valence-electron chi connectivity index (χ2n) is 5.28. The molecule has 0 N–H and O–H groups in total. The molecule has 0 bridgehead atoms. The smallest absolute Gasteiger partial charge is 0.0977 e. The van der Waals surface area contributed by atoms with Crippen LogP contribution in [-0.4, -0.2) is 46.6 Å². The maximum absolute atomic E-state index is 5.42. The van der Waals surface area contributed by atoms with Crippen LogP contribution in [0.15, 0.2) is 80.4 Å². The molecule has 0 aromatic rings. The average molecular weight is 381 g/mol. The van der Waals surface area contributed by atoms with Crippen molar-refractivity contribution in [3.8, 4) is 0 Å². The molecule has 1 rings (SSSR count). The van der Waals surface area contributed by atoms with Gasteiger partial charge in [0.1, 0.15) is 0 Å². The lowest BCUT2D eigenvalue weighted by atomic mass is 10.7. The van der Waals surface area contributed by atoms with Gasteiger partial charge in [-0.1, -0.05) is 36.5 Å². The summed E-state index contributed by atoms with van der Waals surface area (Å²) in [6, 6.07) is 0. The molecule has 0 fully saturated rings. The van der Waals surface area contributed by atoms with Gasteiger partial charge >= 0.3 is 0 Å². The Morgan fingerprint density at radius 2 is 1.33 bits per heavy atom. The van der Waals surface area contributed by atoms with Crippen LogP contribution in [0.5, 0.6) is 0 Å². The molecule has 132 valence electrons. The van der Waals surface area contributed by atoms with E-state index in [0.29, 0.717) is 0 Å². The Kier molecular flexibility index (Phi) is 9.98. The van der Waals surface area contributed by atoms with E-state index >= 15 is 0 Å². The average Bonchev–Trinajstić information content (AvgIpc) is 2.55. The summed E-state index contributed by atoms with van der Waals surface area (Å²) < 4.78 is 10.5. The number of allylic oxidation sites excluding steroid dienone is 4. The molecule has 2 unspecified atom stereocenters. The number of rotatable bonds is 12. The molecular weight excluding hydrogens is 351 g/mol. The van der Waals surface area contributed by atoms with E-state index in [9.17, 15) is 0 Å². The summed E-state index contributed by atoms with van der Waals surface area (Å²) >= 11 is 0. The largest absolute Gasteiger partial charge is 0.247 e. The third kappa shape index (κ3) is 4.98. The summed E-state index contributed by atoms with van der Waals surface area (Å²) in [5.41, 5.74) is 0. The van der Waals surface area contributed by atoms with Crippen LogP contribution in [0.2, 0.25) is 0 Å². The summed E-state index contributed by atoms with van der Waals surface area (Å²) in [5, 5.41) is 0. The van der Waals surface area contributed by atoms with Gasteiger partial charge in [-0.15, -0.1) is 39.5 Å². The zero-order valence-corrected chi connectivity index (χ0v) is 17.3. The van der Waals surface area contributed by atoms with Crippen molar-refractivity contribution in [1.29, 1.82) is 0 Å². The fraction of sp³-hybridized carbons (Fsp3) is 0.333. The van der Waals surface area contributed by atoms with Crippen LogP contribution in [0.3, 0.4) is 0 Å². The van der Waals surface area contributed by atoms with Gasteiger partial charge in [0, 0.05) is 37.7 Å².